The number of carbonyl (C=O) groups excluding carboxylic acids is 2. The second-order valence-corrected chi connectivity index (χ2v) is 6.04. The van der Waals surface area contributed by atoms with Gasteiger partial charge in [0.1, 0.15) is 0 Å². The van der Waals surface area contributed by atoms with Crippen molar-refractivity contribution >= 4 is 11.8 Å². The summed E-state index contributed by atoms with van der Waals surface area (Å²) in [6.07, 6.45) is -1.76. The molecule has 2 rings (SSSR count). The summed E-state index contributed by atoms with van der Waals surface area (Å²) in [7, 11) is 3.42. The molecule has 2 amide bonds. The van der Waals surface area contributed by atoms with Crippen LogP contribution in [0.3, 0.4) is 0 Å². The van der Waals surface area contributed by atoms with E-state index in [1.54, 1.807) is 7.05 Å². The van der Waals surface area contributed by atoms with E-state index < -0.39 is 23.3 Å². The molecule has 0 aromatic carbocycles. The first-order valence-corrected chi connectivity index (χ1v) is 7.97. The lowest BCUT2D eigenvalue weighted by molar-refractivity contribution is -0.141. The lowest BCUT2D eigenvalue weighted by Crippen LogP contribution is -2.42. The molecule has 25 heavy (non-hydrogen) atoms. The Balaban J connectivity index is 1.96. The summed E-state index contributed by atoms with van der Waals surface area (Å²) < 4.78 is 38.8. The SMILES string of the molecule is CNC(=O)C[C@H]1CC[C@@H](CNC(=O)c2cccnc2C(F)(F)F)N1C. The lowest BCUT2D eigenvalue weighted by Gasteiger charge is -2.25. The van der Waals surface area contributed by atoms with Gasteiger partial charge >= 0.3 is 6.18 Å². The Morgan fingerprint density at radius 3 is 2.64 bits per heavy atom. The van der Waals surface area contributed by atoms with Crippen molar-refractivity contribution < 1.29 is 22.8 Å². The molecule has 0 saturated carbocycles. The number of nitrogens with zero attached hydrogens (tertiary/aromatic N) is 2. The molecule has 1 saturated heterocycles. The van der Waals surface area contributed by atoms with Crippen LogP contribution in [0.4, 0.5) is 13.2 Å². The topological polar surface area (TPSA) is 74.3 Å². The van der Waals surface area contributed by atoms with Gasteiger partial charge in [0.05, 0.1) is 5.56 Å². The maximum Gasteiger partial charge on any atom is 0.434 e. The molecule has 0 aliphatic carbocycles. The fraction of sp³-hybridized carbons (Fsp3) is 0.562. The maximum absolute atomic E-state index is 12.9. The largest absolute Gasteiger partial charge is 0.434 e. The average molecular weight is 358 g/mol. The quantitative estimate of drug-likeness (QED) is 0.835. The van der Waals surface area contributed by atoms with Gasteiger partial charge in [0.2, 0.25) is 5.91 Å². The van der Waals surface area contributed by atoms with Crippen LogP contribution < -0.4 is 10.6 Å². The molecule has 0 unspecified atom stereocenters. The Labute approximate surface area is 143 Å². The molecule has 1 fully saturated rings. The molecule has 1 aliphatic heterocycles. The first-order chi connectivity index (χ1) is 11.7. The van der Waals surface area contributed by atoms with Gasteiger partial charge in [-0.2, -0.15) is 13.2 Å². The second kappa shape index (κ2) is 7.81. The van der Waals surface area contributed by atoms with Gasteiger partial charge in [-0.3, -0.25) is 19.5 Å². The van der Waals surface area contributed by atoms with Crippen molar-refractivity contribution in [1.29, 1.82) is 0 Å². The van der Waals surface area contributed by atoms with Crippen molar-refractivity contribution in [2.45, 2.75) is 37.5 Å². The van der Waals surface area contributed by atoms with Crippen molar-refractivity contribution in [1.82, 2.24) is 20.5 Å². The van der Waals surface area contributed by atoms with Crippen LogP contribution in [-0.4, -0.2) is 54.4 Å². The van der Waals surface area contributed by atoms with Crippen LogP contribution in [0.25, 0.3) is 0 Å². The fourth-order valence-electron chi connectivity index (χ4n) is 3.02. The molecule has 2 heterocycles. The molecule has 0 bridgehead atoms. The third-order valence-electron chi connectivity index (χ3n) is 4.50. The standard InChI is InChI=1S/C16H21F3N4O2/c1-20-13(24)8-10-5-6-11(23(10)2)9-22-15(25)12-4-3-7-21-14(12)16(17,18)19/h3-4,7,10-11H,5-6,8-9H2,1-2H3,(H,20,24)(H,22,25)/t10-,11+/m1/s1. The molecule has 1 aromatic heterocycles. The highest BCUT2D eigenvalue weighted by Crippen LogP contribution is 2.30. The Bertz CT molecular complexity index is 636. The average Bonchev–Trinajstić information content (AvgIpc) is 2.92. The van der Waals surface area contributed by atoms with E-state index in [2.05, 4.69) is 15.6 Å². The van der Waals surface area contributed by atoms with E-state index in [4.69, 9.17) is 0 Å². The summed E-state index contributed by atoms with van der Waals surface area (Å²) in [6.45, 7) is 0.214. The van der Waals surface area contributed by atoms with Crippen LogP contribution in [0, 0.1) is 0 Å². The second-order valence-electron chi connectivity index (χ2n) is 6.04. The van der Waals surface area contributed by atoms with E-state index in [1.165, 1.54) is 6.07 Å². The van der Waals surface area contributed by atoms with Gasteiger partial charge in [0.15, 0.2) is 5.69 Å². The first-order valence-electron chi connectivity index (χ1n) is 7.97. The predicted octanol–water partition coefficient (Wildman–Crippen LogP) is 1.43. The summed E-state index contributed by atoms with van der Waals surface area (Å²) in [5.41, 5.74) is -1.68. The van der Waals surface area contributed by atoms with E-state index in [0.29, 0.717) is 6.42 Å². The molecule has 1 aromatic rings. The molecule has 9 heteroatoms. The Morgan fingerprint density at radius 1 is 1.32 bits per heavy atom. The summed E-state index contributed by atoms with van der Waals surface area (Å²) >= 11 is 0. The van der Waals surface area contributed by atoms with Crippen LogP contribution in [0.2, 0.25) is 0 Å². The minimum absolute atomic E-state index is 0.0235. The number of nitrogens with one attached hydrogen (secondary N) is 2. The first kappa shape index (κ1) is 19.2. The maximum atomic E-state index is 12.9. The number of halogens is 3. The summed E-state index contributed by atoms with van der Waals surface area (Å²) in [5.74, 6) is -0.865. The Hall–Kier alpha value is -2.16. The number of hydrogen-bond donors (Lipinski definition) is 2. The highest BCUT2D eigenvalue weighted by atomic mass is 19.4. The van der Waals surface area contributed by atoms with E-state index in [9.17, 15) is 22.8 Å². The molecular weight excluding hydrogens is 337 g/mol. The molecule has 0 radical (unpaired) electrons. The summed E-state index contributed by atoms with van der Waals surface area (Å²) in [5, 5.41) is 5.12. The van der Waals surface area contributed by atoms with Crippen LogP contribution >= 0.6 is 0 Å². The smallest absolute Gasteiger partial charge is 0.359 e. The third kappa shape index (κ3) is 4.68. The highest BCUT2D eigenvalue weighted by molar-refractivity contribution is 5.95. The van der Waals surface area contributed by atoms with Gasteiger partial charge in [0, 0.05) is 38.3 Å². The van der Waals surface area contributed by atoms with E-state index in [-0.39, 0.29) is 24.5 Å². The Morgan fingerprint density at radius 2 is 2.00 bits per heavy atom. The van der Waals surface area contributed by atoms with Gasteiger partial charge in [-0.25, -0.2) is 0 Å². The lowest BCUT2D eigenvalue weighted by atomic mass is 10.1. The number of aromatic nitrogens is 1. The third-order valence-corrected chi connectivity index (χ3v) is 4.50. The van der Waals surface area contributed by atoms with Gasteiger partial charge in [-0.05, 0) is 32.0 Å². The number of amides is 2. The van der Waals surface area contributed by atoms with Crippen LogP contribution in [0.15, 0.2) is 18.3 Å². The number of hydrogen-bond acceptors (Lipinski definition) is 4. The monoisotopic (exact) mass is 358 g/mol. The van der Waals surface area contributed by atoms with Crippen LogP contribution in [0.1, 0.15) is 35.3 Å². The highest BCUT2D eigenvalue weighted by Gasteiger charge is 2.37. The van der Waals surface area contributed by atoms with Crippen molar-refractivity contribution in [3.05, 3.63) is 29.6 Å². The molecule has 6 nitrogen and oxygen atoms in total. The normalized spacial score (nSPS) is 21.2. The van der Waals surface area contributed by atoms with Crippen LogP contribution in [0.5, 0.6) is 0 Å². The number of likely N-dealkylation sites (tertiary alicyclic amines) is 1. The molecule has 2 N–H and O–H groups in total. The predicted molar refractivity (Wildman–Crippen MR) is 84.8 cm³/mol. The summed E-state index contributed by atoms with van der Waals surface area (Å²) in [6, 6.07) is 2.44. The molecule has 1 aliphatic rings. The van der Waals surface area contributed by atoms with Crippen molar-refractivity contribution in [2.75, 3.05) is 20.6 Å². The number of rotatable bonds is 5. The minimum atomic E-state index is -4.68. The van der Waals surface area contributed by atoms with Crippen molar-refractivity contribution in [3.63, 3.8) is 0 Å². The van der Waals surface area contributed by atoms with E-state index >= 15 is 0 Å². The zero-order chi connectivity index (χ0) is 18.6. The molecule has 138 valence electrons. The van der Waals surface area contributed by atoms with E-state index in [0.717, 1.165) is 25.1 Å². The number of carbonyl (C=O) groups is 2. The zero-order valence-corrected chi connectivity index (χ0v) is 14.1. The van der Waals surface area contributed by atoms with Crippen molar-refractivity contribution in [2.24, 2.45) is 0 Å². The fourth-order valence-corrected chi connectivity index (χ4v) is 3.02. The molecular formula is C16H21F3N4O2. The number of pyridine rings is 1. The van der Waals surface area contributed by atoms with Crippen molar-refractivity contribution in [3.8, 4) is 0 Å². The number of alkyl halides is 3. The zero-order valence-electron chi connectivity index (χ0n) is 14.1. The van der Waals surface area contributed by atoms with Crippen LogP contribution in [-0.2, 0) is 11.0 Å². The van der Waals surface area contributed by atoms with E-state index in [1.807, 2.05) is 11.9 Å². The summed E-state index contributed by atoms with van der Waals surface area (Å²) in [4.78, 5) is 28.9. The van der Waals surface area contributed by atoms with Gasteiger partial charge in [-0.1, -0.05) is 0 Å². The number of likely N-dealkylation sites (N-methyl/N-ethyl adjacent to an activating group) is 1. The Kier molecular flexibility index (Phi) is 5.99. The van der Waals surface area contributed by atoms with Gasteiger partial charge < -0.3 is 10.6 Å². The molecule has 0 spiro atoms. The minimum Gasteiger partial charge on any atom is -0.359 e. The van der Waals surface area contributed by atoms with Gasteiger partial charge in [-0.15, -0.1) is 0 Å². The van der Waals surface area contributed by atoms with Gasteiger partial charge in [0.25, 0.3) is 5.91 Å². The molecule has 2 atom stereocenters.